The van der Waals surface area contributed by atoms with E-state index in [2.05, 4.69) is 39.2 Å². The molecule has 1 aromatic rings. The van der Waals surface area contributed by atoms with Gasteiger partial charge in [-0.15, -0.1) is 0 Å². The molecular formula is C29H47N3O9Si. The quantitative estimate of drug-likeness (QED) is 0.106. The molecule has 0 saturated carbocycles. The Kier molecular flexibility index (Phi) is 11.9. The number of carbonyl (C=O) groups is 3. The molecular weight excluding hydrogens is 562 g/mol. The van der Waals surface area contributed by atoms with Crippen molar-refractivity contribution >= 4 is 32.2 Å². The van der Waals surface area contributed by atoms with Crippen LogP contribution in [0.1, 0.15) is 73.3 Å². The number of nitrogens with zero attached hydrogens (tertiary/aromatic N) is 2. The highest BCUT2D eigenvalue weighted by Gasteiger charge is 2.44. The van der Waals surface area contributed by atoms with Crippen LogP contribution >= 0.6 is 0 Å². The lowest BCUT2D eigenvalue weighted by molar-refractivity contribution is -0.384. The van der Waals surface area contributed by atoms with Crippen molar-refractivity contribution in [2.45, 2.75) is 116 Å². The SMILES string of the molecule is CC(=O)OC(CC[C@@H]1C[C@@H](O[Si](C)(C)C(C)(C)C)CN1C(=O)OC(C)(C)C)CNC(=O)OCc1ccc([N+](=O)[O-])cc1. The van der Waals surface area contributed by atoms with Crippen molar-refractivity contribution in [2.75, 3.05) is 13.1 Å². The third-order valence-electron chi connectivity index (χ3n) is 7.42. The number of benzene rings is 1. The Labute approximate surface area is 249 Å². The van der Waals surface area contributed by atoms with Crippen LogP contribution in [0.3, 0.4) is 0 Å². The lowest BCUT2D eigenvalue weighted by atomic mass is 10.0. The average molecular weight is 610 g/mol. The zero-order valence-electron chi connectivity index (χ0n) is 26.4. The van der Waals surface area contributed by atoms with Gasteiger partial charge in [0.15, 0.2) is 8.32 Å². The van der Waals surface area contributed by atoms with Gasteiger partial charge in [0, 0.05) is 31.6 Å². The van der Waals surface area contributed by atoms with Gasteiger partial charge in [-0.05, 0) is 75.9 Å². The Hall–Kier alpha value is -3.19. The van der Waals surface area contributed by atoms with Gasteiger partial charge in [0.25, 0.3) is 5.69 Å². The van der Waals surface area contributed by atoms with Crippen LogP contribution in [-0.2, 0) is 30.0 Å². The lowest BCUT2D eigenvalue weighted by Gasteiger charge is -2.38. The molecule has 13 heteroatoms. The van der Waals surface area contributed by atoms with Crippen LogP contribution in [-0.4, -0.2) is 73.2 Å². The van der Waals surface area contributed by atoms with Gasteiger partial charge in [-0.25, -0.2) is 9.59 Å². The number of nitro groups is 1. The van der Waals surface area contributed by atoms with E-state index in [-0.39, 0.29) is 36.0 Å². The predicted molar refractivity (Wildman–Crippen MR) is 159 cm³/mol. The summed E-state index contributed by atoms with van der Waals surface area (Å²) in [7, 11) is -2.08. The van der Waals surface area contributed by atoms with Gasteiger partial charge in [0.1, 0.15) is 18.3 Å². The van der Waals surface area contributed by atoms with Gasteiger partial charge in [-0.2, -0.15) is 0 Å². The van der Waals surface area contributed by atoms with Crippen molar-refractivity contribution in [3.63, 3.8) is 0 Å². The first-order valence-corrected chi connectivity index (χ1v) is 17.2. The van der Waals surface area contributed by atoms with Crippen LogP contribution in [0.25, 0.3) is 0 Å². The monoisotopic (exact) mass is 609 g/mol. The van der Waals surface area contributed by atoms with Gasteiger partial charge in [-0.1, -0.05) is 20.8 Å². The van der Waals surface area contributed by atoms with Gasteiger partial charge in [0.2, 0.25) is 0 Å². The van der Waals surface area contributed by atoms with E-state index in [0.29, 0.717) is 31.4 Å². The number of hydrogen-bond acceptors (Lipinski definition) is 9. The van der Waals surface area contributed by atoms with Crippen LogP contribution < -0.4 is 5.32 Å². The summed E-state index contributed by atoms with van der Waals surface area (Å²) in [5, 5.41) is 13.4. The molecule has 1 unspecified atom stereocenters. The van der Waals surface area contributed by atoms with E-state index in [1.54, 1.807) is 4.90 Å². The molecule has 0 aromatic heterocycles. The molecule has 0 aliphatic carbocycles. The van der Waals surface area contributed by atoms with E-state index < -0.39 is 43.1 Å². The second-order valence-corrected chi connectivity index (χ2v) is 18.0. The molecule has 1 N–H and O–H groups in total. The summed E-state index contributed by atoms with van der Waals surface area (Å²) in [6.45, 7) is 18.0. The Bertz CT molecular complexity index is 1100. The first-order chi connectivity index (χ1) is 19.3. The Balaban J connectivity index is 2.01. The number of esters is 1. The third kappa shape index (κ3) is 11.2. The molecule has 1 aliphatic heterocycles. The number of ether oxygens (including phenoxy) is 3. The maximum atomic E-state index is 13.1. The number of carbonyl (C=O) groups excluding carboxylic acids is 3. The number of likely N-dealkylation sites (tertiary alicyclic amines) is 1. The minimum atomic E-state index is -2.08. The molecule has 0 spiro atoms. The first kappa shape index (κ1) is 35.0. The van der Waals surface area contributed by atoms with Crippen LogP contribution in [0.5, 0.6) is 0 Å². The van der Waals surface area contributed by atoms with Crippen LogP contribution in [0.4, 0.5) is 15.3 Å². The van der Waals surface area contributed by atoms with Crippen molar-refractivity contribution in [1.29, 1.82) is 0 Å². The zero-order valence-corrected chi connectivity index (χ0v) is 27.4. The lowest BCUT2D eigenvalue weighted by Crippen LogP contribution is -2.45. The fourth-order valence-electron chi connectivity index (χ4n) is 4.30. The van der Waals surface area contributed by atoms with Gasteiger partial charge in [0.05, 0.1) is 17.6 Å². The number of nitrogens with one attached hydrogen (secondary N) is 1. The van der Waals surface area contributed by atoms with Gasteiger partial charge < -0.3 is 28.9 Å². The smallest absolute Gasteiger partial charge is 0.410 e. The number of amides is 2. The molecule has 1 fully saturated rings. The minimum absolute atomic E-state index is 0.0149. The van der Waals surface area contributed by atoms with E-state index in [4.69, 9.17) is 18.6 Å². The molecule has 236 valence electrons. The van der Waals surface area contributed by atoms with E-state index in [9.17, 15) is 24.5 Å². The maximum Gasteiger partial charge on any atom is 0.410 e. The highest BCUT2D eigenvalue weighted by molar-refractivity contribution is 6.74. The summed E-state index contributed by atoms with van der Waals surface area (Å²) in [4.78, 5) is 49.2. The molecule has 12 nitrogen and oxygen atoms in total. The van der Waals surface area contributed by atoms with Crippen molar-refractivity contribution in [2.24, 2.45) is 0 Å². The molecule has 0 radical (unpaired) electrons. The van der Waals surface area contributed by atoms with E-state index >= 15 is 0 Å². The summed E-state index contributed by atoms with van der Waals surface area (Å²) >= 11 is 0. The summed E-state index contributed by atoms with van der Waals surface area (Å²) in [6, 6.07) is 5.49. The normalized spacial score (nSPS) is 18.3. The first-order valence-electron chi connectivity index (χ1n) is 14.3. The highest BCUT2D eigenvalue weighted by Crippen LogP contribution is 2.39. The number of alkyl carbamates (subject to hydrolysis) is 1. The molecule has 2 amide bonds. The fourth-order valence-corrected chi connectivity index (χ4v) is 5.65. The predicted octanol–water partition coefficient (Wildman–Crippen LogP) is 5.93. The second kappa shape index (κ2) is 14.3. The zero-order chi connectivity index (χ0) is 31.9. The van der Waals surface area contributed by atoms with E-state index in [1.165, 1.54) is 31.2 Å². The summed E-state index contributed by atoms with van der Waals surface area (Å²) in [6.07, 6.45) is -0.384. The van der Waals surface area contributed by atoms with E-state index in [0.717, 1.165) is 0 Å². The standard InChI is InChI=1S/C29H47N3O9Si/c1-20(33)39-24(17-30-26(34)38-19-21-10-12-22(13-11-21)32(36)37)15-14-23-16-25(41-42(8,9)29(5,6)7)18-31(23)27(35)40-28(2,3)4/h10-13,23-25H,14-19H2,1-9H3,(H,30,34)/t23-,24?,25-/m1/s1. The molecule has 1 heterocycles. The Morgan fingerprint density at radius 2 is 1.74 bits per heavy atom. The van der Waals surface area contributed by atoms with E-state index in [1.807, 2.05) is 20.8 Å². The van der Waals surface area contributed by atoms with Crippen LogP contribution in [0.2, 0.25) is 18.1 Å². The van der Waals surface area contributed by atoms with Crippen molar-refractivity contribution < 1.29 is 37.9 Å². The number of nitro benzene ring substituents is 1. The summed E-state index contributed by atoms with van der Waals surface area (Å²) in [5.41, 5.74) is -0.123. The molecule has 1 aromatic carbocycles. The largest absolute Gasteiger partial charge is 0.461 e. The average Bonchev–Trinajstić information content (AvgIpc) is 3.24. The molecule has 42 heavy (non-hydrogen) atoms. The highest BCUT2D eigenvalue weighted by atomic mass is 28.4. The molecule has 2 rings (SSSR count). The third-order valence-corrected chi connectivity index (χ3v) is 12.0. The van der Waals surface area contributed by atoms with Crippen molar-refractivity contribution in [1.82, 2.24) is 10.2 Å². The molecule has 0 bridgehead atoms. The Morgan fingerprint density at radius 3 is 2.26 bits per heavy atom. The van der Waals surface area contributed by atoms with Gasteiger partial charge >= 0.3 is 18.2 Å². The number of hydrogen-bond donors (Lipinski definition) is 1. The Morgan fingerprint density at radius 1 is 1.12 bits per heavy atom. The van der Waals surface area contributed by atoms with Crippen molar-refractivity contribution in [3.8, 4) is 0 Å². The number of rotatable bonds is 11. The van der Waals surface area contributed by atoms with Crippen LogP contribution in [0, 0.1) is 10.1 Å². The van der Waals surface area contributed by atoms with Crippen molar-refractivity contribution in [3.05, 3.63) is 39.9 Å². The minimum Gasteiger partial charge on any atom is -0.461 e. The molecule has 1 aliphatic rings. The maximum absolute atomic E-state index is 13.1. The molecule has 3 atom stereocenters. The number of non-ortho nitro benzene ring substituents is 1. The summed E-state index contributed by atoms with van der Waals surface area (Å²) < 4.78 is 23.0. The summed E-state index contributed by atoms with van der Waals surface area (Å²) in [5.74, 6) is -0.490. The topological polar surface area (TPSA) is 147 Å². The van der Waals surface area contributed by atoms with Crippen LogP contribution in [0.15, 0.2) is 24.3 Å². The molecule has 1 saturated heterocycles. The fraction of sp³-hybridized carbons (Fsp3) is 0.690. The van der Waals surface area contributed by atoms with Gasteiger partial charge in [-0.3, -0.25) is 14.9 Å². The second-order valence-electron chi connectivity index (χ2n) is 13.2.